The maximum absolute atomic E-state index is 13.4. The number of aryl methyl sites for hydroxylation is 1. The lowest BCUT2D eigenvalue weighted by molar-refractivity contribution is -0.310. The van der Waals surface area contributed by atoms with E-state index >= 15 is 0 Å². The summed E-state index contributed by atoms with van der Waals surface area (Å²) in [6.45, 7) is 5.31. The van der Waals surface area contributed by atoms with E-state index in [-0.39, 0.29) is 18.2 Å². The van der Waals surface area contributed by atoms with Crippen molar-refractivity contribution >= 4 is 39.3 Å². The van der Waals surface area contributed by atoms with Gasteiger partial charge >= 0.3 is 5.97 Å². The fourth-order valence-electron chi connectivity index (χ4n) is 4.75. The monoisotopic (exact) mass is 424 g/mol. The predicted octanol–water partition coefficient (Wildman–Crippen LogP) is 4.56. The Kier molecular flexibility index (Phi) is 4.63. The van der Waals surface area contributed by atoms with Crippen LogP contribution in [0, 0.1) is 6.92 Å². The maximum Gasteiger partial charge on any atom is 0.321 e. The summed E-state index contributed by atoms with van der Waals surface area (Å²) in [5, 5.41) is 1.73. The predicted molar refractivity (Wildman–Crippen MR) is 122 cm³/mol. The summed E-state index contributed by atoms with van der Waals surface area (Å²) in [6.07, 6.45) is 0. The highest BCUT2D eigenvalue weighted by Gasteiger charge is 2.36. The number of fused-ring (bicyclic) bond motifs is 4. The van der Waals surface area contributed by atoms with Crippen LogP contribution in [-0.2, 0) is 14.3 Å². The van der Waals surface area contributed by atoms with Crippen molar-refractivity contribution in [2.75, 3.05) is 6.61 Å². The molecule has 1 aromatic heterocycles. The molecule has 5 nitrogen and oxygen atoms in total. The Morgan fingerprint density at radius 2 is 1.75 bits per heavy atom. The van der Waals surface area contributed by atoms with Crippen LogP contribution in [0.25, 0.3) is 32.9 Å². The summed E-state index contributed by atoms with van der Waals surface area (Å²) in [6, 6.07) is 17.1. The van der Waals surface area contributed by atoms with Crippen molar-refractivity contribution in [3.63, 3.8) is 0 Å². The largest absolute Gasteiger partial charge is 0.465 e. The van der Waals surface area contributed by atoms with Gasteiger partial charge in [-0.15, -0.1) is 0 Å². The average Bonchev–Trinajstić information content (AvgIpc) is 2.77. The first kappa shape index (κ1) is 20.1. The highest BCUT2D eigenvalue weighted by molar-refractivity contribution is 6.28. The molecule has 0 aliphatic heterocycles. The fraction of sp³-hybridized carbons (Fsp3) is 0.185. The minimum atomic E-state index is -1.07. The van der Waals surface area contributed by atoms with Crippen LogP contribution in [0.5, 0.6) is 0 Å². The van der Waals surface area contributed by atoms with E-state index in [0.717, 1.165) is 33.0 Å². The zero-order valence-electron chi connectivity index (χ0n) is 18.1. The first-order chi connectivity index (χ1) is 15.4. The number of Topliss-reactive ketones (excluding diaryl/α,β-unsaturated/α-hetero) is 1. The molecule has 1 aliphatic carbocycles. The second kappa shape index (κ2) is 7.38. The lowest BCUT2D eigenvalue weighted by Crippen LogP contribution is -2.25. The number of hydrogen-bond donors (Lipinski definition) is 0. The van der Waals surface area contributed by atoms with Crippen molar-refractivity contribution in [1.82, 2.24) is 0 Å². The van der Waals surface area contributed by atoms with E-state index in [2.05, 4.69) is 11.1 Å². The van der Waals surface area contributed by atoms with E-state index in [4.69, 9.17) is 4.74 Å². The molecule has 3 aromatic carbocycles. The van der Waals surface area contributed by atoms with Crippen molar-refractivity contribution in [3.8, 4) is 11.1 Å². The smallest absolute Gasteiger partial charge is 0.321 e. The minimum Gasteiger partial charge on any atom is -0.465 e. The molecule has 1 atom stereocenters. The number of rotatable bonds is 4. The fourth-order valence-corrected chi connectivity index (χ4v) is 4.75. The van der Waals surface area contributed by atoms with Gasteiger partial charge in [-0.1, -0.05) is 42.0 Å². The highest BCUT2D eigenvalue weighted by atomic mass is 16.5. The van der Waals surface area contributed by atoms with Gasteiger partial charge in [-0.25, -0.2) is 4.98 Å². The molecule has 0 amide bonds. The van der Waals surface area contributed by atoms with Crippen molar-refractivity contribution < 1.29 is 24.1 Å². The van der Waals surface area contributed by atoms with Gasteiger partial charge in [0.25, 0.3) is 0 Å². The molecule has 0 radical (unpaired) electrons. The number of ketones is 2. The molecule has 0 bridgehead atoms. The number of pyridine rings is 1. The number of nitrogens with one attached hydrogen (secondary N) is 1. The molecule has 0 spiro atoms. The number of aromatic nitrogens is 1. The third kappa shape index (κ3) is 2.85. The van der Waals surface area contributed by atoms with Crippen LogP contribution in [0.1, 0.15) is 46.8 Å². The van der Waals surface area contributed by atoms with Crippen LogP contribution in [0.15, 0.2) is 54.6 Å². The topological polar surface area (TPSA) is 74.6 Å². The zero-order chi connectivity index (χ0) is 22.6. The van der Waals surface area contributed by atoms with Crippen LogP contribution < -0.4 is 4.98 Å². The van der Waals surface area contributed by atoms with Crippen LogP contribution in [0.4, 0.5) is 0 Å². The van der Waals surface area contributed by atoms with Gasteiger partial charge in [-0.05, 0) is 38.5 Å². The molecule has 0 saturated carbocycles. The number of H-pyrrole nitrogens is 1. The van der Waals surface area contributed by atoms with Crippen molar-refractivity contribution in [1.29, 1.82) is 0 Å². The van der Waals surface area contributed by atoms with E-state index < -0.39 is 11.9 Å². The number of carbonyl (C=O) groups excluding carboxylic acids is 3. The summed E-state index contributed by atoms with van der Waals surface area (Å²) in [5.74, 6) is -2.03. The second-order valence-electron chi connectivity index (χ2n) is 8.17. The van der Waals surface area contributed by atoms with Gasteiger partial charge in [-0.2, -0.15) is 0 Å². The molecule has 4 aromatic rings. The first-order valence-corrected chi connectivity index (χ1v) is 10.7. The summed E-state index contributed by atoms with van der Waals surface area (Å²) < 4.78 is 5.21. The average molecular weight is 424 g/mol. The van der Waals surface area contributed by atoms with Crippen LogP contribution in [0.3, 0.4) is 0 Å². The van der Waals surface area contributed by atoms with Gasteiger partial charge in [0.05, 0.1) is 17.4 Å². The Bertz CT molecular complexity index is 1470. The van der Waals surface area contributed by atoms with E-state index in [1.807, 2.05) is 43.3 Å². The summed E-state index contributed by atoms with van der Waals surface area (Å²) in [5.41, 5.74) is 6.10. The van der Waals surface area contributed by atoms with Crippen LogP contribution in [-0.4, -0.2) is 24.1 Å². The molecule has 32 heavy (non-hydrogen) atoms. The first-order valence-electron chi connectivity index (χ1n) is 10.7. The molecule has 158 valence electrons. The Morgan fingerprint density at radius 3 is 2.47 bits per heavy atom. The molecular weight excluding hydrogens is 402 g/mol. The number of aromatic amines is 1. The molecule has 5 heteroatoms. The third-order valence-corrected chi connectivity index (χ3v) is 6.12. The van der Waals surface area contributed by atoms with Crippen LogP contribution in [0.2, 0.25) is 0 Å². The highest BCUT2D eigenvalue weighted by Crippen LogP contribution is 2.43. The van der Waals surface area contributed by atoms with Gasteiger partial charge < -0.3 is 4.74 Å². The third-order valence-electron chi connectivity index (χ3n) is 6.12. The van der Waals surface area contributed by atoms with Gasteiger partial charge in [0, 0.05) is 28.3 Å². The SMILES string of the molecule is CCOC(=O)C(C(C)=O)c1ccc2c3c(c4cc(C)ccc4[nH+]c13)-c1ccccc1C2=O. The molecule has 1 heterocycles. The maximum atomic E-state index is 13.4. The normalized spacial score (nSPS) is 13.2. The van der Waals surface area contributed by atoms with Crippen molar-refractivity contribution in [2.24, 2.45) is 0 Å². The number of hydrogen-bond acceptors (Lipinski definition) is 4. The standard InChI is InChI=1S/C27H21NO4/c1-4-32-27(31)22(15(3)29)18-10-11-19-24-23(16-7-5-6-8-17(16)26(19)30)20-13-14(2)9-12-21(20)28-25(18)24/h5-13,22H,4H2,1-3H3/p+1. The molecule has 0 fully saturated rings. The molecule has 1 N–H and O–H groups in total. The molecule has 1 unspecified atom stereocenters. The zero-order valence-corrected chi connectivity index (χ0v) is 18.1. The molecule has 1 aliphatic rings. The summed E-state index contributed by atoms with van der Waals surface area (Å²) in [4.78, 5) is 42.1. The second-order valence-corrected chi connectivity index (χ2v) is 8.17. The quantitative estimate of drug-likeness (QED) is 0.241. The van der Waals surface area contributed by atoms with Crippen LogP contribution >= 0.6 is 0 Å². The van der Waals surface area contributed by atoms with Gasteiger partial charge in [0.15, 0.2) is 5.78 Å². The molecule has 0 saturated heterocycles. The number of ether oxygens (including phenoxy) is 1. The van der Waals surface area contributed by atoms with Crippen molar-refractivity contribution in [2.45, 2.75) is 26.7 Å². The summed E-state index contributed by atoms with van der Waals surface area (Å²) >= 11 is 0. The number of benzene rings is 3. The Balaban J connectivity index is 1.97. The van der Waals surface area contributed by atoms with Crippen molar-refractivity contribution in [3.05, 3.63) is 76.9 Å². The number of carbonyl (C=O) groups is 3. The van der Waals surface area contributed by atoms with Gasteiger partial charge in [-0.3, -0.25) is 14.4 Å². The molecule has 5 rings (SSSR count). The van der Waals surface area contributed by atoms with E-state index in [1.165, 1.54) is 6.92 Å². The lowest BCUT2D eigenvalue weighted by atomic mass is 9.80. The van der Waals surface area contributed by atoms with Gasteiger partial charge in [0.2, 0.25) is 11.0 Å². The van der Waals surface area contributed by atoms with E-state index in [9.17, 15) is 14.4 Å². The van der Waals surface area contributed by atoms with Gasteiger partial charge in [0.1, 0.15) is 11.7 Å². The lowest BCUT2D eigenvalue weighted by Gasteiger charge is -2.21. The minimum absolute atomic E-state index is 0.0689. The Morgan fingerprint density at radius 1 is 1.00 bits per heavy atom. The Labute approximate surface area is 185 Å². The van der Waals surface area contributed by atoms with E-state index in [0.29, 0.717) is 22.2 Å². The molecular formula is C27H22NO4+. The van der Waals surface area contributed by atoms with E-state index in [1.54, 1.807) is 19.1 Å². The Hall–Kier alpha value is -3.86. The summed E-state index contributed by atoms with van der Waals surface area (Å²) in [7, 11) is 0. The number of esters is 1.